The molecule has 0 fully saturated rings. The smallest absolute Gasteiger partial charge is 0.261 e. The van der Waals surface area contributed by atoms with Crippen LogP contribution < -0.4 is 4.72 Å². The van der Waals surface area contributed by atoms with Crippen molar-refractivity contribution in [2.24, 2.45) is 5.41 Å². The fourth-order valence-electron chi connectivity index (χ4n) is 1.50. The van der Waals surface area contributed by atoms with Gasteiger partial charge < -0.3 is 0 Å². The van der Waals surface area contributed by atoms with Crippen LogP contribution in [0.3, 0.4) is 0 Å². The van der Waals surface area contributed by atoms with Gasteiger partial charge in [0.25, 0.3) is 9.05 Å². The maximum Gasteiger partial charge on any atom is 0.261 e. The van der Waals surface area contributed by atoms with Crippen molar-refractivity contribution in [3.8, 4) is 0 Å². The summed E-state index contributed by atoms with van der Waals surface area (Å²) in [4.78, 5) is -0.107. The zero-order valence-corrected chi connectivity index (χ0v) is 15.1. The second-order valence-corrected chi connectivity index (χ2v) is 10.6. The Labute approximate surface area is 132 Å². The number of benzene rings is 1. The molecular formula is C11H15BrClNO4S2. The third kappa shape index (κ3) is 5.59. The van der Waals surface area contributed by atoms with Crippen molar-refractivity contribution in [1.29, 1.82) is 0 Å². The molecule has 0 heterocycles. The predicted octanol–water partition coefficient (Wildman–Crippen LogP) is 3.16. The van der Waals surface area contributed by atoms with E-state index in [2.05, 4.69) is 20.7 Å². The SMILES string of the molecule is CC(C)(C)CS(=O)(=O)Nc1ccc(S(=O)(=O)Cl)cc1Br. The van der Waals surface area contributed by atoms with E-state index in [0.29, 0.717) is 4.47 Å². The van der Waals surface area contributed by atoms with E-state index < -0.39 is 24.5 Å². The van der Waals surface area contributed by atoms with Gasteiger partial charge in [-0.25, -0.2) is 16.8 Å². The van der Waals surface area contributed by atoms with E-state index in [1.807, 2.05) is 20.8 Å². The molecule has 0 amide bonds. The van der Waals surface area contributed by atoms with Crippen molar-refractivity contribution < 1.29 is 16.8 Å². The summed E-state index contributed by atoms with van der Waals surface area (Å²) in [5, 5.41) is 0. The quantitative estimate of drug-likeness (QED) is 0.782. The monoisotopic (exact) mass is 403 g/mol. The summed E-state index contributed by atoms with van der Waals surface area (Å²) in [5.74, 6) is -0.0536. The van der Waals surface area contributed by atoms with Crippen LogP contribution in [0.1, 0.15) is 20.8 Å². The fraction of sp³-hybridized carbons (Fsp3) is 0.455. The molecular weight excluding hydrogens is 390 g/mol. The van der Waals surface area contributed by atoms with Crippen LogP contribution in [0.25, 0.3) is 0 Å². The van der Waals surface area contributed by atoms with E-state index in [-0.39, 0.29) is 16.3 Å². The Morgan fingerprint density at radius 3 is 2.15 bits per heavy atom. The number of hydrogen-bond acceptors (Lipinski definition) is 4. The molecule has 9 heteroatoms. The molecule has 0 spiro atoms. The maximum atomic E-state index is 12.0. The van der Waals surface area contributed by atoms with E-state index in [9.17, 15) is 16.8 Å². The molecule has 1 N–H and O–H groups in total. The van der Waals surface area contributed by atoms with Gasteiger partial charge in [0.05, 0.1) is 16.3 Å². The highest BCUT2D eigenvalue weighted by molar-refractivity contribution is 9.10. The second-order valence-electron chi connectivity index (χ2n) is 5.50. The molecule has 1 rings (SSSR count). The molecule has 1 aromatic carbocycles. The molecule has 0 bridgehead atoms. The standard InChI is InChI=1S/C11H15BrClNO4S2/c1-11(2,3)7-19(15,16)14-10-5-4-8(6-9(10)12)20(13,17)18/h4-6,14H,7H2,1-3H3. The van der Waals surface area contributed by atoms with Crippen LogP contribution >= 0.6 is 26.6 Å². The van der Waals surface area contributed by atoms with Gasteiger partial charge in [0.1, 0.15) is 0 Å². The first kappa shape index (κ1) is 17.7. The minimum absolute atomic E-state index is 0.0536. The molecule has 114 valence electrons. The Morgan fingerprint density at radius 2 is 1.75 bits per heavy atom. The normalized spacial score (nSPS) is 13.2. The first-order valence-electron chi connectivity index (χ1n) is 5.55. The molecule has 0 atom stereocenters. The Balaban J connectivity index is 3.07. The average Bonchev–Trinajstić information content (AvgIpc) is 2.15. The highest BCUT2D eigenvalue weighted by Crippen LogP contribution is 2.29. The molecule has 0 aliphatic heterocycles. The summed E-state index contributed by atoms with van der Waals surface area (Å²) < 4.78 is 49.0. The van der Waals surface area contributed by atoms with Gasteiger partial charge in [0.15, 0.2) is 0 Å². The predicted molar refractivity (Wildman–Crippen MR) is 84.0 cm³/mol. The molecule has 20 heavy (non-hydrogen) atoms. The van der Waals surface area contributed by atoms with Crippen LogP contribution in [0, 0.1) is 5.41 Å². The van der Waals surface area contributed by atoms with Gasteiger partial charge in [0.2, 0.25) is 10.0 Å². The lowest BCUT2D eigenvalue weighted by Crippen LogP contribution is -2.26. The largest absolute Gasteiger partial charge is 0.282 e. The van der Waals surface area contributed by atoms with Crippen molar-refractivity contribution in [2.45, 2.75) is 25.7 Å². The number of nitrogens with one attached hydrogen (secondary N) is 1. The maximum absolute atomic E-state index is 12.0. The van der Waals surface area contributed by atoms with Crippen LogP contribution in [0.5, 0.6) is 0 Å². The number of halogens is 2. The van der Waals surface area contributed by atoms with Gasteiger partial charge in [-0.05, 0) is 39.5 Å². The topological polar surface area (TPSA) is 80.3 Å². The fourth-order valence-corrected chi connectivity index (χ4v) is 4.77. The molecule has 0 aliphatic rings. The number of hydrogen-bond donors (Lipinski definition) is 1. The summed E-state index contributed by atoms with van der Waals surface area (Å²) in [7, 11) is -2.16. The molecule has 5 nitrogen and oxygen atoms in total. The summed E-state index contributed by atoms with van der Waals surface area (Å²) in [6.45, 7) is 5.43. The first-order valence-corrected chi connectivity index (χ1v) is 10.3. The van der Waals surface area contributed by atoms with Crippen molar-refractivity contribution in [2.75, 3.05) is 10.5 Å². The van der Waals surface area contributed by atoms with E-state index in [4.69, 9.17) is 10.7 Å². The van der Waals surface area contributed by atoms with Gasteiger partial charge in [-0.15, -0.1) is 0 Å². The van der Waals surface area contributed by atoms with Crippen LogP contribution in [0.15, 0.2) is 27.6 Å². The number of anilines is 1. The molecule has 0 aliphatic carbocycles. The number of sulfonamides is 1. The lowest BCUT2D eigenvalue weighted by Gasteiger charge is -2.19. The third-order valence-electron chi connectivity index (χ3n) is 2.11. The molecule has 0 radical (unpaired) electrons. The van der Waals surface area contributed by atoms with E-state index >= 15 is 0 Å². The molecule has 1 aromatic rings. The van der Waals surface area contributed by atoms with E-state index in [1.54, 1.807) is 0 Å². The van der Waals surface area contributed by atoms with Crippen LogP contribution in [-0.4, -0.2) is 22.6 Å². The second kappa shape index (κ2) is 5.82. The Bertz CT molecular complexity index is 708. The molecule has 0 saturated carbocycles. The number of rotatable bonds is 4. The summed E-state index contributed by atoms with van der Waals surface area (Å²) in [5.41, 5.74) is -0.129. The van der Waals surface area contributed by atoms with Crippen molar-refractivity contribution in [3.63, 3.8) is 0 Å². The minimum atomic E-state index is -3.85. The molecule has 0 saturated heterocycles. The third-order valence-corrected chi connectivity index (χ3v) is 5.90. The molecule has 0 aromatic heterocycles. The Morgan fingerprint density at radius 1 is 1.20 bits per heavy atom. The van der Waals surface area contributed by atoms with Gasteiger partial charge in [-0.3, -0.25) is 4.72 Å². The van der Waals surface area contributed by atoms with Gasteiger partial charge >= 0.3 is 0 Å². The van der Waals surface area contributed by atoms with Crippen LogP contribution in [-0.2, 0) is 19.1 Å². The summed E-state index contributed by atoms with van der Waals surface area (Å²) >= 11 is 3.12. The Hall–Kier alpha value is -0.310. The van der Waals surface area contributed by atoms with Crippen LogP contribution in [0.2, 0.25) is 0 Å². The van der Waals surface area contributed by atoms with E-state index in [1.165, 1.54) is 18.2 Å². The molecule has 0 unspecified atom stereocenters. The van der Waals surface area contributed by atoms with Gasteiger partial charge in [0, 0.05) is 15.2 Å². The van der Waals surface area contributed by atoms with E-state index in [0.717, 1.165) is 0 Å². The van der Waals surface area contributed by atoms with Crippen molar-refractivity contribution >= 4 is 51.4 Å². The average molecular weight is 405 g/mol. The first-order chi connectivity index (χ1) is 8.80. The van der Waals surface area contributed by atoms with Gasteiger partial charge in [-0.2, -0.15) is 0 Å². The highest BCUT2D eigenvalue weighted by Gasteiger charge is 2.22. The van der Waals surface area contributed by atoms with Crippen molar-refractivity contribution in [1.82, 2.24) is 0 Å². The zero-order chi connectivity index (χ0) is 15.8. The van der Waals surface area contributed by atoms with Gasteiger partial charge in [-0.1, -0.05) is 20.8 Å². The Kier molecular flexibility index (Phi) is 5.17. The minimum Gasteiger partial charge on any atom is -0.282 e. The van der Waals surface area contributed by atoms with Crippen LogP contribution in [0.4, 0.5) is 5.69 Å². The highest BCUT2D eigenvalue weighted by atomic mass is 79.9. The summed E-state index contributed by atoms with van der Waals surface area (Å²) in [6, 6.07) is 3.83. The van der Waals surface area contributed by atoms with Crippen molar-refractivity contribution in [3.05, 3.63) is 22.7 Å². The lowest BCUT2D eigenvalue weighted by atomic mass is 10.0. The lowest BCUT2D eigenvalue weighted by molar-refractivity contribution is 0.463. The summed E-state index contributed by atoms with van der Waals surface area (Å²) in [6.07, 6.45) is 0. The zero-order valence-electron chi connectivity index (χ0n) is 11.1.